The summed E-state index contributed by atoms with van der Waals surface area (Å²) in [6.45, 7) is 0. The Kier molecular flexibility index (Phi) is 4.54. The van der Waals surface area contributed by atoms with Gasteiger partial charge in [0.05, 0.1) is 0 Å². The Morgan fingerprint density at radius 3 is 2.09 bits per heavy atom. The summed E-state index contributed by atoms with van der Waals surface area (Å²) in [7, 11) is 0. The zero-order chi connectivity index (χ0) is 15.4. The van der Waals surface area contributed by atoms with E-state index in [2.05, 4.69) is 17.4 Å². The quantitative estimate of drug-likeness (QED) is 0.912. The number of benzene rings is 2. The summed E-state index contributed by atoms with van der Waals surface area (Å²) in [5.74, 6) is 0.0140. The van der Waals surface area contributed by atoms with E-state index in [0.717, 1.165) is 42.4 Å². The van der Waals surface area contributed by atoms with E-state index in [1.54, 1.807) is 0 Å². The molecule has 0 spiro atoms. The van der Waals surface area contributed by atoms with E-state index in [1.165, 1.54) is 0 Å². The third-order valence-electron chi connectivity index (χ3n) is 4.36. The maximum absolute atomic E-state index is 12.3. The smallest absolute Gasteiger partial charge is 0.251 e. The third-order valence-corrected chi connectivity index (χ3v) is 4.36. The molecule has 2 aromatic carbocycles. The average Bonchev–Trinajstić information content (AvgIpc) is 2.58. The van der Waals surface area contributed by atoms with Gasteiger partial charge < -0.3 is 11.1 Å². The van der Waals surface area contributed by atoms with E-state index in [9.17, 15) is 4.79 Å². The van der Waals surface area contributed by atoms with Gasteiger partial charge in [-0.25, -0.2) is 0 Å². The molecule has 0 unspecified atom stereocenters. The fourth-order valence-corrected chi connectivity index (χ4v) is 2.98. The number of carbonyl (C=O) groups is 1. The van der Waals surface area contributed by atoms with Crippen LogP contribution >= 0.6 is 0 Å². The van der Waals surface area contributed by atoms with Crippen molar-refractivity contribution in [2.45, 2.75) is 37.8 Å². The Labute approximate surface area is 131 Å². The van der Waals surface area contributed by atoms with Crippen LogP contribution in [0.3, 0.4) is 0 Å². The molecule has 1 saturated carbocycles. The highest BCUT2D eigenvalue weighted by Gasteiger charge is 2.20. The Morgan fingerprint density at radius 1 is 0.864 bits per heavy atom. The van der Waals surface area contributed by atoms with Gasteiger partial charge in [0, 0.05) is 17.6 Å². The molecule has 1 aliphatic carbocycles. The van der Waals surface area contributed by atoms with Crippen LogP contribution in [0, 0.1) is 0 Å². The maximum atomic E-state index is 12.3. The first-order valence-electron chi connectivity index (χ1n) is 7.94. The molecule has 1 amide bonds. The maximum Gasteiger partial charge on any atom is 0.251 e. The number of hydrogen-bond acceptors (Lipinski definition) is 2. The van der Waals surface area contributed by atoms with Crippen molar-refractivity contribution in [3.8, 4) is 11.1 Å². The highest BCUT2D eigenvalue weighted by atomic mass is 16.1. The Balaban J connectivity index is 1.64. The molecule has 1 aliphatic rings. The molecule has 3 heteroatoms. The van der Waals surface area contributed by atoms with Gasteiger partial charge in [0.15, 0.2) is 0 Å². The van der Waals surface area contributed by atoms with Gasteiger partial charge in [0.25, 0.3) is 5.91 Å². The molecule has 0 heterocycles. The van der Waals surface area contributed by atoms with Gasteiger partial charge in [0.1, 0.15) is 0 Å². The largest absolute Gasteiger partial charge is 0.349 e. The zero-order valence-corrected chi connectivity index (χ0v) is 12.7. The molecule has 1 fully saturated rings. The molecule has 0 saturated heterocycles. The van der Waals surface area contributed by atoms with E-state index >= 15 is 0 Å². The average molecular weight is 294 g/mol. The minimum absolute atomic E-state index is 0.0140. The van der Waals surface area contributed by atoms with Gasteiger partial charge in [-0.1, -0.05) is 42.5 Å². The van der Waals surface area contributed by atoms with Crippen molar-refractivity contribution in [1.29, 1.82) is 0 Å². The van der Waals surface area contributed by atoms with Crippen LogP contribution in [0.4, 0.5) is 0 Å². The van der Waals surface area contributed by atoms with E-state index < -0.39 is 0 Å². The molecule has 3 rings (SSSR count). The van der Waals surface area contributed by atoms with E-state index in [1.807, 2.05) is 42.5 Å². The van der Waals surface area contributed by atoms with Crippen molar-refractivity contribution in [2.75, 3.05) is 0 Å². The van der Waals surface area contributed by atoms with Gasteiger partial charge in [-0.2, -0.15) is 0 Å². The highest BCUT2D eigenvalue weighted by molar-refractivity contribution is 5.94. The normalized spacial score (nSPS) is 21.3. The van der Waals surface area contributed by atoms with E-state index in [4.69, 9.17) is 5.73 Å². The topological polar surface area (TPSA) is 55.1 Å². The highest BCUT2D eigenvalue weighted by Crippen LogP contribution is 2.20. The van der Waals surface area contributed by atoms with Crippen molar-refractivity contribution in [1.82, 2.24) is 5.32 Å². The van der Waals surface area contributed by atoms with Crippen LogP contribution in [-0.4, -0.2) is 18.0 Å². The minimum atomic E-state index is 0.0140. The summed E-state index contributed by atoms with van der Waals surface area (Å²) in [5, 5.41) is 3.12. The van der Waals surface area contributed by atoms with Crippen molar-refractivity contribution in [2.24, 2.45) is 5.73 Å². The van der Waals surface area contributed by atoms with E-state index in [-0.39, 0.29) is 11.9 Å². The molecular weight excluding hydrogens is 272 g/mol. The van der Waals surface area contributed by atoms with Crippen molar-refractivity contribution in [3.63, 3.8) is 0 Å². The second-order valence-electron chi connectivity index (χ2n) is 6.03. The summed E-state index contributed by atoms with van der Waals surface area (Å²) >= 11 is 0. The van der Waals surface area contributed by atoms with Crippen LogP contribution in [0.5, 0.6) is 0 Å². The number of amides is 1. The predicted octanol–water partition coefficient (Wildman–Crippen LogP) is 3.35. The lowest BCUT2D eigenvalue weighted by molar-refractivity contribution is 0.0926. The van der Waals surface area contributed by atoms with Crippen molar-refractivity contribution >= 4 is 5.91 Å². The van der Waals surface area contributed by atoms with E-state index in [0.29, 0.717) is 6.04 Å². The summed E-state index contributed by atoms with van der Waals surface area (Å²) in [4.78, 5) is 12.3. The van der Waals surface area contributed by atoms with Crippen LogP contribution in [-0.2, 0) is 0 Å². The van der Waals surface area contributed by atoms with Gasteiger partial charge in [-0.15, -0.1) is 0 Å². The molecule has 22 heavy (non-hydrogen) atoms. The summed E-state index contributed by atoms with van der Waals surface area (Å²) < 4.78 is 0. The Morgan fingerprint density at radius 2 is 1.45 bits per heavy atom. The van der Waals surface area contributed by atoms with Crippen LogP contribution in [0.25, 0.3) is 11.1 Å². The third kappa shape index (κ3) is 3.55. The first kappa shape index (κ1) is 14.8. The molecule has 2 aromatic rings. The lowest BCUT2D eigenvalue weighted by Crippen LogP contribution is -2.40. The number of carbonyl (C=O) groups excluding carboxylic acids is 1. The lowest BCUT2D eigenvalue weighted by Gasteiger charge is -2.26. The number of nitrogens with one attached hydrogen (secondary N) is 1. The fraction of sp³-hybridized carbons (Fsp3) is 0.316. The monoisotopic (exact) mass is 294 g/mol. The molecular formula is C19H22N2O. The lowest BCUT2D eigenvalue weighted by atomic mass is 9.91. The second kappa shape index (κ2) is 6.75. The van der Waals surface area contributed by atoms with Gasteiger partial charge in [-0.05, 0) is 48.9 Å². The molecule has 0 aromatic heterocycles. The minimum Gasteiger partial charge on any atom is -0.349 e. The second-order valence-corrected chi connectivity index (χ2v) is 6.03. The first-order chi connectivity index (χ1) is 10.7. The molecule has 0 bridgehead atoms. The van der Waals surface area contributed by atoms with Gasteiger partial charge in [-0.3, -0.25) is 4.79 Å². The molecule has 0 aliphatic heterocycles. The molecule has 0 atom stereocenters. The zero-order valence-electron chi connectivity index (χ0n) is 12.7. The van der Waals surface area contributed by atoms with Crippen LogP contribution < -0.4 is 11.1 Å². The Bertz CT molecular complexity index is 614. The fourth-order valence-electron chi connectivity index (χ4n) is 2.98. The van der Waals surface area contributed by atoms with Crippen molar-refractivity contribution < 1.29 is 4.79 Å². The SMILES string of the molecule is N[C@H]1CC[C@H](NC(=O)c2ccc(-c3ccccc3)cc2)CC1. The summed E-state index contributed by atoms with van der Waals surface area (Å²) in [5.41, 5.74) is 8.90. The van der Waals surface area contributed by atoms with Gasteiger partial charge in [0.2, 0.25) is 0 Å². The van der Waals surface area contributed by atoms with Crippen LogP contribution in [0.1, 0.15) is 36.0 Å². The number of hydrogen-bond donors (Lipinski definition) is 2. The van der Waals surface area contributed by atoms with Gasteiger partial charge >= 0.3 is 0 Å². The van der Waals surface area contributed by atoms with Crippen LogP contribution in [0.15, 0.2) is 54.6 Å². The molecule has 3 N–H and O–H groups in total. The first-order valence-corrected chi connectivity index (χ1v) is 7.94. The predicted molar refractivity (Wildman–Crippen MR) is 89.6 cm³/mol. The number of rotatable bonds is 3. The van der Waals surface area contributed by atoms with Crippen molar-refractivity contribution in [3.05, 3.63) is 60.2 Å². The Hall–Kier alpha value is -2.13. The molecule has 114 valence electrons. The number of nitrogens with two attached hydrogens (primary N) is 1. The summed E-state index contributed by atoms with van der Waals surface area (Å²) in [6, 6.07) is 18.5. The summed E-state index contributed by atoms with van der Waals surface area (Å²) in [6.07, 6.45) is 3.96. The molecule has 3 nitrogen and oxygen atoms in total. The standard InChI is InChI=1S/C19H22N2O/c20-17-10-12-18(13-11-17)21-19(22)16-8-6-15(7-9-16)14-4-2-1-3-5-14/h1-9,17-18H,10-13,20H2,(H,21,22)/t17-,18-. The van der Waals surface area contributed by atoms with Crippen LogP contribution in [0.2, 0.25) is 0 Å². The molecule has 0 radical (unpaired) electrons.